The fraction of sp³-hybridized carbons (Fsp3) is 0.241. The monoisotopic (exact) mass is 519 g/mol. The third-order valence-corrected chi connectivity index (χ3v) is 6.63. The molecular formula is C29H30ClN3O4. The van der Waals surface area contributed by atoms with Crippen molar-refractivity contribution in [3.63, 3.8) is 0 Å². The number of hydrogen-bond donors (Lipinski definition) is 2. The lowest BCUT2D eigenvalue weighted by molar-refractivity contribution is 0.0966. The zero-order chi connectivity index (χ0) is 25.1. The normalized spacial score (nSPS) is 14.1. The van der Waals surface area contributed by atoms with E-state index in [0.717, 1.165) is 43.7 Å². The number of carbonyl (C=O) groups is 2. The zero-order valence-electron chi connectivity index (χ0n) is 20.6. The molecule has 2 N–H and O–H groups in total. The molecule has 0 aliphatic carbocycles. The maximum absolute atomic E-state index is 13.0. The Balaban J connectivity index is 0.00000320. The number of Topliss-reactive ketones (excluding diaryl/α,β-unsaturated/α-hetero) is 1. The van der Waals surface area contributed by atoms with E-state index in [1.165, 1.54) is 6.07 Å². The lowest BCUT2D eigenvalue weighted by atomic mass is 10.0. The molecule has 1 aromatic heterocycles. The highest BCUT2D eigenvalue weighted by molar-refractivity contribution is 6.06. The molecule has 1 fully saturated rings. The molecule has 3 aromatic carbocycles. The van der Waals surface area contributed by atoms with E-state index in [9.17, 15) is 14.7 Å². The topological polar surface area (TPSA) is 86.0 Å². The van der Waals surface area contributed by atoms with Crippen molar-refractivity contribution in [3.8, 4) is 5.75 Å². The van der Waals surface area contributed by atoms with Crippen molar-refractivity contribution in [1.29, 1.82) is 0 Å². The molecule has 0 atom stereocenters. The number of hydrogen-bond acceptors (Lipinski definition) is 6. The molecular weight excluding hydrogens is 490 g/mol. The van der Waals surface area contributed by atoms with Gasteiger partial charge in [-0.25, -0.2) is 0 Å². The molecule has 0 radical (unpaired) electrons. The van der Waals surface area contributed by atoms with Gasteiger partial charge in [0.15, 0.2) is 5.76 Å². The van der Waals surface area contributed by atoms with Crippen LogP contribution < -0.4 is 10.2 Å². The van der Waals surface area contributed by atoms with Gasteiger partial charge in [-0.15, -0.1) is 12.4 Å². The standard InChI is InChI=1S/C29H29N3O4.ClH/c1-31-14-5-15-32(17-16-31)23-12-10-20(11-13-23)29(35)30-28-22(7-4-8-24(28)33)18-25(34)27-19-21-6-2-3-9-26(21)36-27;/h2-4,6-13,19,33H,5,14-18H2,1H3,(H,30,35);1H. The van der Waals surface area contributed by atoms with Crippen molar-refractivity contribution < 1.29 is 19.1 Å². The number of furan rings is 1. The van der Waals surface area contributed by atoms with Crippen LogP contribution in [0, 0.1) is 0 Å². The number of benzene rings is 3. The van der Waals surface area contributed by atoms with Crippen LogP contribution in [-0.2, 0) is 6.42 Å². The molecule has 4 aromatic rings. The lowest BCUT2D eigenvalue weighted by Crippen LogP contribution is -2.28. The highest BCUT2D eigenvalue weighted by Crippen LogP contribution is 2.30. The van der Waals surface area contributed by atoms with Crippen LogP contribution in [0.4, 0.5) is 11.4 Å². The van der Waals surface area contributed by atoms with E-state index in [1.807, 2.05) is 36.4 Å². The third-order valence-electron chi connectivity index (χ3n) is 6.63. The Hall–Kier alpha value is -3.81. The molecule has 0 bridgehead atoms. The number of anilines is 2. The fourth-order valence-electron chi connectivity index (χ4n) is 4.57. The Kier molecular flexibility index (Phi) is 8.16. The summed E-state index contributed by atoms with van der Waals surface area (Å²) in [4.78, 5) is 30.6. The lowest BCUT2D eigenvalue weighted by Gasteiger charge is -2.23. The molecule has 1 aliphatic heterocycles. The first-order valence-electron chi connectivity index (χ1n) is 12.2. The summed E-state index contributed by atoms with van der Waals surface area (Å²) >= 11 is 0. The second-order valence-corrected chi connectivity index (χ2v) is 9.20. The molecule has 192 valence electrons. The zero-order valence-corrected chi connectivity index (χ0v) is 21.5. The van der Waals surface area contributed by atoms with E-state index in [2.05, 4.69) is 22.2 Å². The summed E-state index contributed by atoms with van der Waals surface area (Å²) < 4.78 is 5.69. The van der Waals surface area contributed by atoms with Crippen LogP contribution in [-0.4, -0.2) is 54.9 Å². The van der Waals surface area contributed by atoms with Crippen molar-refractivity contribution >= 4 is 46.4 Å². The Morgan fingerprint density at radius 1 is 0.946 bits per heavy atom. The first-order valence-corrected chi connectivity index (χ1v) is 12.2. The summed E-state index contributed by atoms with van der Waals surface area (Å²) in [5.74, 6) is -0.438. The van der Waals surface area contributed by atoms with Crippen LogP contribution in [0.3, 0.4) is 0 Å². The Labute approximate surface area is 222 Å². The van der Waals surface area contributed by atoms with E-state index in [4.69, 9.17) is 4.42 Å². The predicted molar refractivity (Wildman–Crippen MR) is 148 cm³/mol. The number of rotatable bonds is 6. The van der Waals surface area contributed by atoms with Gasteiger partial charge in [0.2, 0.25) is 5.78 Å². The summed E-state index contributed by atoms with van der Waals surface area (Å²) in [6.45, 7) is 4.02. The van der Waals surface area contributed by atoms with Gasteiger partial charge >= 0.3 is 0 Å². The minimum Gasteiger partial charge on any atom is -0.506 e. The molecule has 2 heterocycles. The Morgan fingerprint density at radius 2 is 1.73 bits per heavy atom. The highest BCUT2D eigenvalue weighted by Gasteiger charge is 2.19. The molecule has 0 spiro atoms. The number of nitrogens with zero attached hydrogens (tertiary/aromatic N) is 2. The number of para-hydroxylation sites is 2. The van der Waals surface area contributed by atoms with Crippen LogP contribution in [0.15, 0.2) is 77.2 Å². The minimum absolute atomic E-state index is 0. The molecule has 7 nitrogen and oxygen atoms in total. The molecule has 37 heavy (non-hydrogen) atoms. The van der Waals surface area contributed by atoms with Gasteiger partial charge in [0.05, 0.1) is 5.69 Å². The van der Waals surface area contributed by atoms with Crippen LogP contribution in [0.25, 0.3) is 11.0 Å². The average molecular weight is 520 g/mol. The van der Waals surface area contributed by atoms with Crippen LogP contribution in [0.5, 0.6) is 5.75 Å². The number of ketones is 1. The predicted octanol–water partition coefficient (Wildman–Crippen LogP) is 5.38. The molecule has 1 aliphatic rings. The van der Waals surface area contributed by atoms with E-state index in [-0.39, 0.29) is 47.7 Å². The number of nitrogens with one attached hydrogen (secondary N) is 1. The second-order valence-electron chi connectivity index (χ2n) is 9.20. The van der Waals surface area contributed by atoms with Crippen molar-refractivity contribution in [2.24, 2.45) is 0 Å². The summed E-state index contributed by atoms with van der Waals surface area (Å²) in [6.07, 6.45) is 1.08. The smallest absolute Gasteiger partial charge is 0.255 e. The summed E-state index contributed by atoms with van der Waals surface area (Å²) in [7, 11) is 2.13. The van der Waals surface area contributed by atoms with Gasteiger partial charge < -0.3 is 24.6 Å². The number of aromatic hydroxyl groups is 1. The molecule has 0 unspecified atom stereocenters. The quantitative estimate of drug-likeness (QED) is 0.263. The van der Waals surface area contributed by atoms with Gasteiger partial charge in [-0.3, -0.25) is 9.59 Å². The molecule has 1 saturated heterocycles. The fourth-order valence-corrected chi connectivity index (χ4v) is 4.57. The summed E-state index contributed by atoms with van der Waals surface area (Å²) in [6, 6.07) is 21.5. The number of fused-ring (bicyclic) bond motifs is 1. The van der Waals surface area contributed by atoms with Crippen LogP contribution in [0.1, 0.15) is 32.9 Å². The number of phenols is 1. The van der Waals surface area contributed by atoms with Crippen molar-refractivity contribution in [3.05, 3.63) is 89.7 Å². The van der Waals surface area contributed by atoms with E-state index < -0.39 is 0 Å². The van der Waals surface area contributed by atoms with Gasteiger partial charge in [-0.1, -0.05) is 30.3 Å². The van der Waals surface area contributed by atoms with E-state index in [1.54, 1.807) is 30.3 Å². The second kappa shape index (κ2) is 11.5. The number of likely N-dealkylation sites (N-methyl/N-ethyl adjacent to an activating group) is 1. The van der Waals surface area contributed by atoms with Crippen molar-refractivity contribution in [1.82, 2.24) is 4.90 Å². The summed E-state index contributed by atoms with van der Waals surface area (Å²) in [5.41, 5.74) is 2.94. The highest BCUT2D eigenvalue weighted by atomic mass is 35.5. The number of carbonyl (C=O) groups excluding carboxylic acids is 2. The Morgan fingerprint density at radius 3 is 2.51 bits per heavy atom. The Bertz CT molecular complexity index is 1370. The van der Waals surface area contributed by atoms with Crippen LogP contribution >= 0.6 is 12.4 Å². The number of phenolic OH excluding ortho intramolecular Hbond substituents is 1. The van der Waals surface area contributed by atoms with Gasteiger partial charge in [-0.05, 0) is 68.0 Å². The number of amides is 1. The minimum atomic E-state index is -0.351. The molecule has 5 rings (SSSR count). The third kappa shape index (κ3) is 5.96. The van der Waals surface area contributed by atoms with Crippen LogP contribution in [0.2, 0.25) is 0 Å². The molecule has 0 saturated carbocycles. The molecule has 1 amide bonds. The van der Waals surface area contributed by atoms with Crippen molar-refractivity contribution in [2.45, 2.75) is 12.8 Å². The van der Waals surface area contributed by atoms with Gasteiger partial charge in [0.1, 0.15) is 11.3 Å². The van der Waals surface area contributed by atoms with Gasteiger partial charge in [0.25, 0.3) is 5.91 Å². The molecule has 8 heteroatoms. The van der Waals surface area contributed by atoms with Gasteiger partial charge in [-0.2, -0.15) is 0 Å². The number of halogens is 1. The largest absolute Gasteiger partial charge is 0.506 e. The van der Waals surface area contributed by atoms with E-state index >= 15 is 0 Å². The van der Waals surface area contributed by atoms with Crippen molar-refractivity contribution in [2.75, 3.05) is 43.4 Å². The average Bonchev–Trinajstić information content (AvgIpc) is 3.21. The summed E-state index contributed by atoms with van der Waals surface area (Å²) in [5, 5.41) is 14.1. The SMILES string of the molecule is CN1CCCN(c2ccc(C(=O)Nc3c(O)cccc3CC(=O)c3cc4ccccc4o3)cc2)CC1.Cl. The first-order chi connectivity index (χ1) is 17.5. The first kappa shape index (κ1) is 26.3. The maximum Gasteiger partial charge on any atom is 0.255 e. The maximum atomic E-state index is 13.0. The van der Waals surface area contributed by atoms with E-state index in [0.29, 0.717) is 16.7 Å². The van der Waals surface area contributed by atoms with Gasteiger partial charge in [0, 0.05) is 42.7 Å².